The minimum absolute atomic E-state index is 0.596. The van der Waals surface area contributed by atoms with Gasteiger partial charge >= 0.3 is 0 Å². The van der Waals surface area contributed by atoms with E-state index >= 15 is 0 Å². The lowest BCUT2D eigenvalue weighted by Gasteiger charge is -2.09. The molecule has 0 atom stereocenters. The minimum atomic E-state index is -0.622. The average molecular weight is 267 g/mol. The Bertz CT molecular complexity index is 521. The molecule has 2 aromatic carbocycles. The Kier molecular flexibility index (Phi) is 3.46. The number of hydrogen-bond donors (Lipinski definition) is 2. The summed E-state index contributed by atoms with van der Waals surface area (Å²) >= 11 is 11.7. The van der Waals surface area contributed by atoms with Crippen LogP contribution in [-0.2, 0) is 0 Å². The Balaban J connectivity index is 2.46. The summed E-state index contributed by atoms with van der Waals surface area (Å²) in [5, 5.41) is 0. The molecule has 0 saturated carbocycles. The summed E-state index contributed by atoms with van der Waals surface area (Å²) < 4.78 is 0. The second-order valence-electron chi connectivity index (χ2n) is 3.77. The van der Waals surface area contributed by atoms with Crippen molar-refractivity contribution >= 4 is 34.6 Å². The Morgan fingerprint density at radius 3 is 2.00 bits per heavy atom. The van der Waals surface area contributed by atoms with Crippen LogP contribution in [0.3, 0.4) is 0 Å². The molecule has 4 heteroatoms. The molecule has 0 heterocycles. The van der Waals surface area contributed by atoms with Crippen molar-refractivity contribution in [2.75, 3.05) is 11.5 Å². The van der Waals surface area contributed by atoms with E-state index in [1.165, 1.54) is 0 Å². The van der Waals surface area contributed by atoms with Gasteiger partial charge in [-0.15, -0.1) is 0 Å². The van der Waals surface area contributed by atoms with Crippen LogP contribution in [0.15, 0.2) is 42.5 Å². The third-order valence-corrected chi connectivity index (χ3v) is 3.04. The quantitative estimate of drug-likeness (QED) is 0.638. The van der Waals surface area contributed by atoms with Gasteiger partial charge in [-0.25, -0.2) is 0 Å². The highest BCUT2D eigenvalue weighted by Gasteiger charge is 2.09. The topological polar surface area (TPSA) is 52.0 Å². The second-order valence-corrected chi connectivity index (χ2v) is 4.86. The van der Waals surface area contributed by atoms with Crippen LogP contribution in [0.2, 0.25) is 0 Å². The van der Waals surface area contributed by atoms with E-state index in [9.17, 15) is 0 Å². The van der Waals surface area contributed by atoms with Crippen molar-refractivity contribution in [2.24, 2.45) is 0 Å². The lowest BCUT2D eigenvalue weighted by molar-refractivity contribution is 1.35. The van der Waals surface area contributed by atoms with Gasteiger partial charge in [0, 0.05) is 16.9 Å². The van der Waals surface area contributed by atoms with Gasteiger partial charge in [0.2, 0.25) is 0 Å². The van der Waals surface area contributed by atoms with Crippen molar-refractivity contribution in [2.45, 2.75) is 4.84 Å². The molecular weight excluding hydrogens is 255 g/mol. The molecule has 0 amide bonds. The molecule has 4 N–H and O–H groups in total. The zero-order chi connectivity index (χ0) is 12.4. The van der Waals surface area contributed by atoms with Crippen LogP contribution in [0, 0.1) is 0 Å². The molecule has 2 rings (SSSR count). The zero-order valence-corrected chi connectivity index (χ0v) is 10.5. The smallest absolute Gasteiger partial charge is 0.134 e. The highest BCUT2D eigenvalue weighted by atomic mass is 35.5. The van der Waals surface area contributed by atoms with E-state index in [2.05, 4.69) is 0 Å². The number of anilines is 2. The summed E-state index contributed by atoms with van der Waals surface area (Å²) in [6.45, 7) is 0. The predicted octanol–water partition coefficient (Wildman–Crippen LogP) is 3.99. The van der Waals surface area contributed by atoms with Gasteiger partial charge in [0.1, 0.15) is 4.84 Å². The summed E-state index contributed by atoms with van der Waals surface area (Å²) in [5.41, 5.74) is 15.6. The van der Waals surface area contributed by atoms with Crippen LogP contribution in [0.5, 0.6) is 0 Å². The van der Waals surface area contributed by atoms with Gasteiger partial charge in [0.15, 0.2) is 0 Å². The lowest BCUT2D eigenvalue weighted by Crippen LogP contribution is -1.94. The normalized spacial score (nSPS) is 10.8. The number of nitrogens with two attached hydrogens (primary N) is 2. The van der Waals surface area contributed by atoms with Gasteiger partial charge in [-0.05, 0) is 35.4 Å². The fourth-order valence-electron chi connectivity index (χ4n) is 1.62. The monoisotopic (exact) mass is 266 g/mol. The average Bonchev–Trinajstić information content (AvgIpc) is 2.30. The minimum Gasteiger partial charge on any atom is -0.399 e. The van der Waals surface area contributed by atoms with E-state index < -0.39 is 4.84 Å². The molecule has 0 aromatic heterocycles. The Hall–Kier alpha value is -1.38. The summed E-state index contributed by atoms with van der Waals surface area (Å²) in [5.74, 6) is 0. The van der Waals surface area contributed by atoms with Crippen LogP contribution in [0.1, 0.15) is 10.4 Å². The van der Waals surface area contributed by atoms with Gasteiger partial charge in [-0.3, -0.25) is 0 Å². The Labute approximate surface area is 110 Å². The van der Waals surface area contributed by atoms with Gasteiger partial charge in [-0.2, -0.15) is 0 Å². The Morgan fingerprint density at radius 2 is 1.41 bits per heavy atom. The van der Waals surface area contributed by atoms with Gasteiger partial charge in [-0.1, -0.05) is 41.4 Å². The molecular formula is C13H12Cl2N2. The number of halogens is 2. The van der Waals surface area contributed by atoms with Gasteiger partial charge in [0.05, 0.1) is 0 Å². The first-order valence-corrected chi connectivity index (χ1v) is 5.98. The third kappa shape index (κ3) is 2.65. The first kappa shape index (κ1) is 12.1. The van der Waals surface area contributed by atoms with E-state index in [0.29, 0.717) is 5.69 Å². The van der Waals surface area contributed by atoms with E-state index in [1.54, 1.807) is 6.07 Å². The molecule has 88 valence electrons. The van der Waals surface area contributed by atoms with Crippen LogP contribution >= 0.6 is 23.2 Å². The van der Waals surface area contributed by atoms with Crippen LogP contribution in [0.25, 0.3) is 11.1 Å². The molecule has 0 aliphatic heterocycles. The molecule has 2 nitrogen and oxygen atoms in total. The molecule has 0 fully saturated rings. The summed E-state index contributed by atoms with van der Waals surface area (Å²) in [6.07, 6.45) is 0. The van der Waals surface area contributed by atoms with Crippen molar-refractivity contribution in [3.05, 3.63) is 48.0 Å². The molecule has 0 unspecified atom stereocenters. The number of nitrogen functional groups attached to an aromatic ring is 2. The van der Waals surface area contributed by atoms with Crippen molar-refractivity contribution in [3.63, 3.8) is 0 Å². The lowest BCUT2D eigenvalue weighted by atomic mass is 10.0. The maximum absolute atomic E-state index is 5.86. The van der Waals surface area contributed by atoms with E-state index in [0.717, 1.165) is 22.4 Å². The van der Waals surface area contributed by atoms with Crippen LogP contribution in [-0.4, -0.2) is 0 Å². The fraction of sp³-hybridized carbons (Fsp3) is 0.0769. The van der Waals surface area contributed by atoms with Gasteiger partial charge < -0.3 is 11.5 Å². The van der Waals surface area contributed by atoms with Gasteiger partial charge in [0.25, 0.3) is 0 Å². The first-order chi connectivity index (χ1) is 8.08. The van der Waals surface area contributed by atoms with Crippen molar-refractivity contribution < 1.29 is 0 Å². The molecule has 0 bridgehead atoms. The highest BCUT2D eigenvalue weighted by molar-refractivity contribution is 6.44. The zero-order valence-electron chi connectivity index (χ0n) is 9.03. The molecule has 2 aromatic rings. The molecule has 0 spiro atoms. The predicted molar refractivity (Wildman–Crippen MR) is 75.1 cm³/mol. The molecule has 17 heavy (non-hydrogen) atoms. The number of benzene rings is 2. The number of alkyl halides is 2. The van der Waals surface area contributed by atoms with E-state index in [4.69, 9.17) is 34.7 Å². The number of rotatable bonds is 2. The maximum atomic E-state index is 5.86. The van der Waals surface area contributed by atoms with Crippen molar-refractivity contribution in [3.8, 4) is 11.1 Å². The Morgan fingerprint density at radius 1 is 0.824 bits per heavy atom. The van der Waals surface area contributed by atoms with E-state index in [-0.39, 0.29) is 0 Å². The molecule has 0 radical (unpaired) electrons. The largest absolute Gasteiger partial charge is 0.399 e. The molecule has 0 aliphatic carbocycles. The van der Waals surface area contributed by atoms with E-state index in [1.807, 2.05) is 36.4 Å². The highest BCUT2D eigenvalue weighted by Crippen LogP contribution is 2.33. The summed E-state index contributed by atoms with van der Waals surface area (Å²) in [4.78, 5) is -0.622. The van der Waals surface area contributed by atoms with Crippen LogP contribution < -0.4 is 11.5 Å². The molecule has 0 saturated heterocycles. The van der Waals surface area contributed by atoms with Crippen molar-refractivity contribution in [1.82, 2.24) is 0 Å². The maximum Gasteiger partial charge on any atom is 0.134 e. The first-order valence-electron chi connectivity index (χ1n) is 5.11. The standard InChI is InChI=1S/C13H12Cl2N2/c14-13(15)11-7-9(3-6-12(11)17)8-1-4-10(16)5-2-8/h1-7,13H,16-17H2. The van der Waals surface area contributed by atoms with Crippen LogP contribution in [0.4, 0.5) is 11.4 Å². The third-order valence-electron chi connectivity index (χ3n) is 2.57. The number of hydrogen-bond acceptors (Lipinski definition) is 2. The fourth-order valence-corrected chi connectivity index (χ4v) is 2.00. The second kappa shape index (κ2) is 4.86. The summed E-state index contributed by atoms with van der Waals surface area (Å²) in [6, 6.07) is 13.2. The summed E-state index contributed by atoms with van der Waals surface area (Å²) in [7, 11) is 0. The van der Waals surface area contributed by atoms with Crippen molar-refractivity contribution in [1.29, 1.82) is 0 Å². The molecule has 0 aliphatic rings. The SMILES string of the molecule is Nc1ccc(-c2ccc(N)c(C(Cl)Cl)c2)cc1.